The van der Waals surface area contributed by atoms with Crippen LogP contribution in [0.2, 0.25) is 0 Å². The minimum Gasteiger partial charge on any atom is -0.456 e. The second-order valence-corrected chi connectivity index (χ2v) is 10.8. The molecule has 37 heavy (non-hydrogen) atoms. The monoisotopic (exact) mass is 502 g/mol. The van der Waals surface area contributed by atoms with Crippen LogP contribution in [-0.4, -0.2) is 0 Å². The fraction of sp³-hybridized carbons (Fsp3) is 0.571. The van der Waals surface area contributed by atoms with Crippen LogP contribution in [0.15, 0.2) is 45.6 Å². The van der Waals surface area contributed by atoms with E-state index in [0.29, 0.717) is 0 Å². The maximum atomic E-state index is 14.4. The van der Waals surface area contributed by atoms with Crippen molar-refractivity contribution in [1.29, 1.82) is 0 Å². The zero-order valence-corrected chi connectivity index (χ0v) is 24.1. The molecule has 0 amide bonds. The Balaban J connectivity index is 2.27. The highest BCUT2D eigenvalue weighted by atomic mass is 16.3. The molecule has 0 aliphatic rings. The highest BCUT2D eigenvalue weighted by molar-refractivity contribution is 5.86. The first kappa shape index (κ1) is 29.2. The van der Waals surface area contributed by atoms with Crippen LogP contribution in [-0.2, 0) is 25.7 Å². The van der Waals surface area contributed by atoms with Gasteiger partial charge in [0.2, 0.25) is 0 Å². The molecule has 2 aromatic carbocycles. The second-order valence-electron chi connectivity index (χ2n) is 10.8. The first-order valence-electron chi connectivity index (χ1n) is 15.3. The molecule has 3 rings (SSSR count). The van der Waals surface area contributed by atoms with Gasteiger partial charge in [0.15, 0.2) is 5.43 Å². The van der Waals surface area contributed by atoms with Gasteiger partial charge in [0, 0.05) is 11.1 Å². The van der Waals surface area contributed by atoms with Crippen LogP contribution in [0.3, 0.4) is 0 Å². The summed E-state index contributed by atoms with van der Waals surface area (Å²) in [5.41, 5.74) is 7.11. The molecule has 202 valence electrons. The Kier molecular flexibility index (Phi) is 12.5. The number of fused-ring (bicyclic) bond motifs is 1. The molecule has 2 nitrogen and oxygen atoms in total. The van der Waals surface area contributed by atoms with Crippen LogP contribution in [0, 0.1) is 0 Å². The van der Waals surface area contributed by atoms with Gasteiger partial charge in [-0.25, -0.2) is 0 Å². The van der Waals surface area contributed by atoms with Crippen LogP contribution in [0.4, 0.5) is 0 Å². The number of aryl methyl sites for hydroxylation is 2. The van der Waals surface area contributed by atoms with E-state index in [2.05, 4.69) is 45.9 Å². The molecule has 0 fully saturated rings. The van der Waals surface area contributed by atoms with E-state index in [0.717, 1.165) is 79.2 Å². The third kappa shape index (κ3) is 7.82. The van der Waals surface area contributed by atoms with Gasteiger partial charge in [-0.2, -0.15) is 0 Å². The molecule has 0 spiro atoms. The van der Waals surface area contributed by atoms with Crippen LogP contribution in [0.25, 0.3) is 22.3 Å². The van der Waals surface area contributed by atoms with E-state index in [1.165, 1.54) is 68.1 Å². The molecule has 0 atom stereocenters. The lowest BCUT2D eigenvalue weighted by molar-refractivity contribution is 0.599. The highest BCUT2D eigenvalue weighted by Crippen LogP contribution is 2.33. The van der Waals surface area contributed by atoms with Crippen molar-refractivity contribution in [1.82, 2.24) is 0 Å². The summed E-state index contributed by atoms with van der Waals surface area (Å²) in [5, 5.41) is 0.882. The molecule has 0 radical (unpaired) electrons. The predicted molar refractivity (Wildman–Crippen MR) is 161 cm³/mol. The minimum atomic E-state index is 0.222. The van der Waals surface area contributed by atoms with E-state index in [-0.39, 0.29) is 5.43 Å². The highest BCUT2D eigenvalue weighted by Gasteiger charge is 2.22. The molecule has 0 saturated carbocycles. The van der Waals surface area contributed by atoms with Crippen molar-refractivity contribution in [3.63, 3.8) is 0 Å². The molecule has 0 unspecified atom stereocenters. The van der Waals surface area contributed by atoms with Crippen molar-refractivity contribution in [2.75, 3.05) is 0 Å². The van der Waals surface area contributed by atoms with E-state index in [4.69, 9.17) is 4.42 Å². The molecule has 0 saturated heterocycles. The van der Waals surface area contributed by atoms with Crippen LogP contribution in [0.1, 0.15) is 127 Å². The molecular weight excluding hydrogens is 452 g/mol. The van der Waals surface area contributed by atoms with Crippen LogP contribution in [0.5, 0.6) is 0 Å². The topological polar surface area (TPSA) is 30.2 Å². The van der Waals surface area contributed by atoms with Gasteiger partial charge in [0.1, 0.15) is 11.3 Å². The van der Waals surface area contributed by atoms with E-state index < -0.39 is 0 Å². The van der Waals surface area contributed by atoms with E-state index in [1.807, 2.05) is 18.2 Å². The Hall–Kier alpha value is -2.35. The van der Waals surface area contributed by atoms with Crippen molar-refractivity contribution < 1.29 is 4.42 Å². The van der Waals surface area contributed by atoms with E-state index in [1.54, 1.807) is 0 Å². The molecule has 1 aromatic heterocycles. The lowest BCUT2D eigenvalue weighted by atomic mass is 9.86. The van der Waals surface area contributed by atoms with E-state index >= 15 is 0 Å². The maximum Gasteiger partial charge on any atom is 0.196 e. The van der Waals surface area contributed by atoms with Gasteiger partial charge >= 0.3 is 0 Å². The second kappa shape index (κ2) is 15.8. The van der Waals surface area contributed by atoms with Crippen molar-refractivity contribution in [2.24, 2.45) is 0 Å². The Bertz CT molecular complexity index is 1140. The van der Waals surface area contributed by atoms with Gasteiger partial charge in [0.05, 0.1) is 5.39 Å². The number of hydrogen-bond acceptors (Lipinski definition) is 2. The number of hydrogen-bond donors (Lipinski definition) is 0. The summed E-state index contributed by atoms with van der Waals surface area (Å²) >= 11 is 0. The largest absolute Gasteiger partial charge is 0.456 e. The van der Waals surface area contributed by atoms with Gasteiger partial charge in [-0.15, -0.1) is 0 Å². The van der Waals surface area contributed by atoms with Gasteiger partial charge < -0.3 is 4.42 Å². The number of benzene rings is 2. The van der Waals surface area contributed by atoms with Crippen molar-refractivity contribution >= 4 is 11.0 Å². The van der Waals surface area contributed by atoms with Crippen LogP contribution >= 0.6 is 0 Å². The summed E-state index contributed by atoms with van der Waals surface area (Å²) in [5.74, 6) is 0.784. The third-order valence-electron chi connectivity index (χ3n) is 7.77. The zero-order valence-electron chi connectivity index (χ0n) is 24.1. The molecule has 2 heteroatoms. The van der Waals surface area contributed by atoms with E-state index in [9.17, 15) is 4.79 Å². The fourth-order valence-electron chi connectivity index (χ4n) is 5.65. The van der Waals surface area contributed by atoms with Crippen molar-refractivity contribution in [3.8, 4) is 11.3 Å². The number of rotatable bonds is 17. The first-order chi connectivity index (χ1) is 18.2. The lowest BCUT2D eigenvalue weighted by Crippen LogP contribution is -2.16. The summed E-state index contributed by atoms with van der Waals surface area (Å²) in [6, 6.07) is 12.5. The molecule has 1 heterocycles. The molecule has 0 aliphatic carbocycles. The Morgan fingerprint density at radius 1 is 0.595 bits per heavy atom. The predicted octanol–water partition coefficient (Wildman–Crippen LogP) is 10.4. The lowest BCUT2D eigenvalue weighted by Gasteiger charge is -2.20. The van der Waals surface area contributed by atoms with Crippen molar-refractivity contribution in [3.05, 3.63) is 68.9 Å². The quantitative estimate of drug-likeness (QED) is 0.172. The number of unbranched alkanes of at least 4 members (excludes halogenated alkanes) is 8. The summed E-state index contributed by atoms with van der Waals surface area (Å²) in [7, 11) is 0. The average Bonchev–Trinajstić information content (AvgIpc) is 2.91. The van der Waals surface area contributed by atoms with Gasteiger partial charge in [-0.3, -0.25) is 4.79 Å². The summed E-state index contributed by atoms with van der Waals surface area (Å²) in [6.45, 7) is 9.01. The summed E-state index contributed by atoms with van der Waals surface area (Å²) in [4.78, 5) is 14.4. The standard InChI is InChI=1S/C35H50O2/c1-5-9-14-22-28-26-32-33(30(24-16-11-7-3)29(28)23-15-10-6-2)34(36)31(25-17-12-8-4)35(37-32)27-20-18-13-19-21-27/h13,18-21,26H,5-12,14-17,22-25H2,1-4H3. The smallest absolute Gasteiger partial charge is 0.196 e. The Morgan fingerprint density at radius 2 is 1.11 bits per heavy atom. The maximum absolute atomic E-state index is 14.4. The zero-order chi connectivity index (χ0) is 26.5. The normalized spacial score (nSPS) is 11.5. The summed E-state index contributed by atoms with van der Waals surface area (Å²) < 4.78 is 6.77. The average molecular weight is 503 g/mol. The fourth-order valence-corrected chi connectivity index (χ4v) is 5.65. The minimum absolute atomic E-state index is 0.222. The molecule has 0 N–H and O–H groups in total. The SMILES string of the molecule is CCCCCc1cc2oc(-c3ccccc3)c(CCCCC)c(=O)c2c(CCCCC)c1CCCCC. The van der Waals surface area contributed by atoms with Gasteiger partial charge in [0.25, 0.3) is 0 Å². The van der Waals surface area contributed by atoms with Crippen LogP contribution < -0.4 is 5.43 Å². The third-order valence-corrected chi connectivity index (χ3v) is 7.77. The Morgan fingerprint density at radius 3 is 1.68 bits per heavy atom. The molecule has 3 aromatic rings. The first-order valence-corrected chi connectivity index (χ1v) is 15.3. The Labute approximate surface area is 225 Å². The van der Waals surface area contributed by atoms with Gasteiger partial charge in [-0.05, 0) is 74.1 Å². The summed E-state index contributed by atoms with van der Waals surface area (Å²) in [6.07, 6.45) is 18.1. The van der Waals surface area contributed by atoms with Crippen molar-refractivity contribution in [2.45, 2.75) is 130 Å². The molecule has 0 aliphatic heterocycles. The molecule has 0 bridgehead atoms. The van der Waals surface area contributed by atoms with Gasteiger partial charge in [-0.1, -0.05) is 109 Å². The molecular formula is C35H50O2.